The summed E-state index contributed by atoms with van der Waals surface area (Å²) in [6, 6.07) is 0. The van der Waals surface area contributed by atoms with Gasteiger partial charge in [-0.05, 0) is 38.2 Å². The monoisotopic (exact) mass is 277 g/mol. The molecule has 5 nitrogen and oxygen atoms in total. The van der Waals surface area contributed by atoms with E-state index in [1.165, 1.54) is 0 Å². The molecule has 0 unspecified atom stereocenters. The lowest BCUT2D eigenvalue weighted by Crippen LogP contribution is -2.40. The van der Waals surface area contributed by atoms with Crippen LogP contribution in [-0.2, 0) is 9.47 Å². The van der Waals surface area contributed by atoms with Crippen molar-refractivity contribution in [1.82, 2.24) is 9.97 Å². The van der Waals surface area contributed by atoms with Crippen LogP contribution in [0.1, 0.15) is 31.2 Å². The van der Waals surface area contributed by atoms with Crippen LogP contribution in [0.5, 0.6) is 0 Å². The molecule has 3 heterocycles. The number of rotatable bonds is 3. The second-order valence-electron chi connectivity index (χ2n) is 5.69. The highest BCUT2D eigenvalue weighted by molar-refractivity contribution is 5.30. The molecule has 5 heteroatoms. The molecule has 2 fully saturated rings. The van der Waals surface area contributed by atoms with E-state index in [2.05, 4.69) is 14.9 Å². The van der Waals surface area contributed by atoms with E-state index in [0.29, 0.717) is 12.2 Å². The van der Waals surface area contributed by atoms with Gasteiger partial charge in [-0.2, -0.15) is 0 Å². The van der Waals surface area contributed by atoms with Crippen molar-refractivity contribution in [3.63, 3.8) is 0 Å². The molecule has 2 aliphatic rings. The Morgan fingerprint density at radius 2 is 1.65 bits per heavy atom. The molecule has 110 valence electrons. The van der Waals surface area contributed by atoms with E-state index in [0.717, 1.165) is 63.5 Å². The standard InChI is InChI=1S/C15H23N3O2/c1-12-10-16-15(17-11-12)18-6-2-13(3-7-18)20-14-4-8-19-9-5-14/h10-11,13-14H,2-9H2,1H3. The highest BCUT2D eigenvalue weighted by Gasteiger charge is 2.25. The number of ether oxygens (including phenoxy) is 2. The Morgan fingerprint density at radius 1 is 1.05 bits per heavy atom. The molecular weight excluding hydrogens is 254 g/mol. The number of aromatic nitrogens is 2. The average molecular weight is 277 g/mol. The molecule has 1 aromatic heterocycles. The lowest BCUT2D eigenvalue weighted by atomic mass is 10.1. The summed E-state index contributed by atoms with van der Waals surface area (Å²) in [6.07, 6.45) is 8.77. The topological polar surface area (TPSA) is 47.5 Å². The van der Waals surface area contributed by atoms with Crippen LogP contribution in [0.25, 0.3) is 0 Å². The maximum atomic E-state index is 6.19. The first-order valence-electron chi connectivity index (χ1n) is 7.58. The van der Waals surface area contributed by atoms with Crippen LogP contribution in [0.2, 0.25) is 0 Å². The van der Waals surface area contributed by atoms with Gasteiger partial charge in [-0.3, -0.25) is 0 Å². The minimum absolute atomic E-state index is 0.389. The van der Waals surface area contributed by atoms with Gasteiger partial charge in [0.2, 0.25) is 5.95 Å². The molecule has 0 aromatic carbocycles. The Kier molecular flexibility index (Phi) is 4.47. The van der Waals surface area contributed by atoms with Crippen molar-refractivity contribution in [2.75, 3.05) is 31.2 Å². The summed E-state index contributed by atoms with van der Waals surface area (Å²) < 4.78 is 11.6. The molecule has 3 rings (SSSR count). The van der Waals surface area contributed by atoms with E-state index >= 15 is 0 Å². The third-order valence-electron chi connectivity index (χ3n) is 4.05. The predicted octanol–water partition coefficient (Wildman–Crippen LogP) is 1.95. The highest BCUT2D eigenvalue weighted by atomic mass is 16.5. The summed E-state index contributed by atoms with van der Waals surface area (Å²) in [5, 5.41) is 0. The molecule has 0 saturated carbocycles. The summed E-state index contributed by atoms with van der Waals surface area (Å²) in [4.78, 5) is 11.1. The third-order valence-corrected chi connectivity index (χ3v) is 4.05. The fourth-order valence-corrected chi connectivity index (χ4v) is 2.83. The lowest BCUT2D eigenvalue weighted by molar-refractivity contribution is -0.0744. The van der Waals surface area contributed by atoms with E-state index < -0.39 is 0 Å². The van der Waals surface area contributed by atoms with E-state index in [1.54, 1.807) is 0 Å². The van der Waals surface area contributed by atoms with Gasteiger partial charge in [-0.1, -0.05) is 0 Å². The van der Waals surface area contributed by atoms with Crippen molar-refractivity contribution < 1.29 is 9.47 Å². The van der Waals surface area contributed by atoms with Gasteiger partial charge in [-0.25, -0.2) is 9.97 Å². The molecule has 0 spiro atoms. The Bertz CT molecular complexity index is 410. The molecule has 0 amide bonds. The molecule has 1 aromatic rings. The third kappa shape index (κ3) is 3.46. The van der Waals surface area contributed by atoms with Crippen LogP contribution in [0.4, 0.5) is 5.95 Å². The molecule has 20 heavy (non-hydrogen) atoms. The first-order chi connectivity index (χ1) is 9.81. The Hall–Kier alpha value is -1.20. The van der Waals surface area contributed by atoms with Gasteiger partial charge in [0.25, 0.3) is 0 Å². The number of hydrogen-bond acceptors (Lipinski definition) is 5. The normalized spacial score (nSPS) is 22.1. The first kappa shape index (κ1) is 13.8. The minimum Gasteiger partial charge on any atom is -0.381 e. The number of anilines is 1. The molecule has 0 aliphatic carbocycles. The van der Waals surface area contributed by atoms with Gasteiger partial charge in [0, 0.05) is 38.7 Å². The summed E-state index contributed by atoms with van der Waals surface area (Å²) in [5.74, 6) is 0.847. The van der Waals surface area contributed by atoms with E-state index in [1.807, 2.05) is 19.3 Å². The maximum Gasteiger partial charge on any atom is 0.225 e. The van der Waals surface area contributed by atoms with E-state index in [9.17, 15) is 0 Å². The molecule has 0 bridgehead atoms. The summed E-state index contributed by atoms with van der Waals surface area (Å²) in [7, 11) is 0. The average Bonchev–Trinajstić information content (AvgIpc) is 2.50. The summed E-state index contributed by atoms with van der Waals surface area (Å²) in [6.45, 7) is 5.67. The zero-order chi connectivity index (χ0) is 13.8. The van der Waals surface area contributed by atoms with Crippen molar-refractivity contribution in [2.24, 2.45) is 0 Å². The Labute approximate surface area is 120 Å². The van der Waals surface area contributed by atoms with Crippen molar-refractivity contribution in [2.45, 2.75) is 44.8 Å². The van der Waals surface area contributed by atoms with Gasteiger partial charge < -0.3 is 14.4 Å². The largest absolute Gasteiger partial charge is 0.381 e. The van der Waals surface area contributed by atoms with Crippen molar-refractivity contribution in [1.29, 1.82) is 0 Å². The fraction of sp³-hybridized carbons (Fsp3) is 0.733. The SMILES string of the molecule is Cc1cnc(N2CCC(OC3CCOCC3)CC2)nc1. The Balaban J connectivity index is 1.47. The van der Waals surface area contributed by atoms with Crippen molar-refractivity contribution in [3.05, 3.63) is 18.0 Å². The molecule has 0 radical (unpaired) electrons. The van der Waals surface area contributed by atoms with Gasteiger partial charge in [-0.15, -0.1) is 0 Å². The number of piperidine rings is 1. The second-order valence-corrected chi connectivity index (χ2v) is 5.69. The number of nitrogens with zero attached hydrogens (tertiary/aromatic N) is 3. The van der Waals surface area contributed by atoms with Crippen molar-refractivity contribution >= 4 is 5.95 Å². The van der Waals surface area contributed by atoms with E-state index in [-0.39, 0.29) is 0 Å². The Morgan fingerprint density at radius 3 is 2.30 bits per heavy atom. The molecule has 2 aliphatic heterocycles. The van der Waals surface area contributed by atoms with E-state index in [4.69, 9.17) is 9.47 Å². The quantitative estimate of drug-likeness (QED) is 0.845. The smallest absolute Gasteiger partial charge is 0.225 e. The van der Waals surface area contributed by atoms with Crippen LogP contribution in [0.15, 0.2) is 12.4 Å². The highest BCUT2D eigenvalue weighted by Crippen LogP contribution is 2.21. The fourth-order valence-electron chi connectivity index (χ4n) is 2.83. The van der Waals surface area contributed by atoms with Gasteiger partial charge in [0.15, 0.2) is 0 Å². The minimum atomic E-state index is 0.389. The first-order valence-corrected chi connectivity index (χ1v) is 7.58. The van der Waals surface area contributed by atoms with Crippen molar-refractivity contribution in [3.8, 4) is 0 Å². The van der Waals surface area contributed by atoms with Gasteiger partial charge in [0.1, 0.15) is 0 Å². The summed E-state index contributed by atoms with van der Waals surface area (Å²) in [5.41, 5.74) is 1.10. The van der Waals surface area contributed by atoms with Crippen LogP contribution in [0, 0.1) is 6.92 Å². The number of hydrogen-bond donors (Lipinski definition) is 0. The zero-order valence-electron chi connectivity index (χ0n) is 12.1. The van der Waals surface area contributed by atoms with Gasteiger partial charge >= 0.3 is 0 Å². The number of aryl methyl sites for hydroxylation is 1. The molecule has 0 atom stereocenters. The lowest BCUT2D eigenvalue weighted by Gasteiger charge is -2.34. The molecule has 2 saturated heterocycles. The molecular formula is C15H23N3O2. The second kappa shape index (κ2) is 6.50. The molecule has 0 N–H and O–H groups in total. The summed E-state index contributed by atoms with van der Waals surface area (Å²) >= 11 is 0. The van der Waals surface area contributed by atoms with Crippen LogP contribution >= 0.6 is 0 Å². The zero-order valence-corrected chi connectivity index (χ0v) is 12.1. The van der Waals surface area contributed by atoms with Crippen LogP contribution in [0.3, 0.4) is 0 Å². The van der Waals surface area contributed by atoms with Crippen LogP contribution < -0.4 is 4.90 Å². The predicted molar refractivity (Wildman–Crippen MR) is 76.9 cm³/mol. The van der Waals surface area contributed by atoms with Gasteiger partial charge in [0.05, 0.1) is 12.2 Å². The van der Waals surface area contributed by atoms with Crippen LogP contribution in [-0.4, -0.2) is 48.5 Å². The maximum absolute atomic E-state index is 6.19.